The van der Waals surface area contributed by atoms with E-state index in [1.54, 1.807) is 12.1 Å². The summed E-state index contributed by atoms with van der Waals surface area (Å²) in [5.74, 6) is -0.0316. The average Bonchev–Trinajstić information content (AvgIpc) is 2.96. The van der Waals surface area contributed by atoms with Gasteiger partial charge >= 0.3 is 0 Å². The Hall–Kier alpha value is -1.88. The zero-order valence-electron chi connectivity index (χ0n) is 12.8. The van der Waals surface area contributed by atoms with E-state index in [-0.39, 0.29) is 5.82 Å². The molecule has 0 saturated carbocycles. The number of hydrogen-bond donors (Lipinski definition) is 0. The van der Waals surface area contributed by atoms with Gasteiger partial charge < -0.3 is 4.74 Å². The van der Waals surface area contributed by atoms with Crippen LogP contribution >= 0.6 is 0 Å². The van der Waals surface area contributed by atoms with Crippen LogP contribution in [-0.2, 0) is 19.6 Å². The van der Waals surface area contributed by atoms with Crippen molar-refractivity contribution in [3.05, 3.63) is 47.5 Å². The Morgan fingerprint density at radius 1 is 1.24 bits per heavy atom. The van der Waals surface area contributed by atoms with Gasteiger partial charge in [-0.2, -0.15) is 5.10 Å². The Labute approximate surface area is 125 Å². The van der Waals surface area contributed by atoms with Crippen molar-refractivity contribution in [3.8, 4) is 5.75 Å². The molecule has 4 nitrogen and oxygen atoms in total. The molecule has 1 aromatic heterocycles. The number of aromatic nitrogens is 2. The summed E-state index contributed by atoms with van der Waals surface area (Å²) < 4.78 is 20.4. The molecule has 0 spiro atoms. The average molecular weight is 291 g/mol. The number of methoxy groups -OCH3 is 1. The first kappa shape index (κ1) is 15.5. The molecular formula is C16H22FN3O. The maximum Gasteiger partial charge on any atom is 0.165 e. The van der Waals surface area contributed by atoms with E-state index in [1.807, 2.05) is 10.9 Å². The number of aryl methyl sites for hydroxylation is 1. The molecule has 0 amide bonds. The van der Waals surface area contributed by atoms with E-state index in [9.17, 15) is 4.39 Å². The van der Waals surface area contributed by atoms with E-state index < -0.39 is 0 Å². The van der Waals surface area contributed by atoms with Crippen LogP contribution in [-0.4, -0.2) is 28.3 Å². The summed E-state index contributed by atoms with van der Waals surface area (Å²) in [7, 11) is 1.49. The van der Waals surface area contributed by atoms with Gasteiger partial charge in [0, 0.05) is 31.4 Å². The van der Waals surface area contributed by atoms with Crippen molar-refractivity contribution < 1.29 is 9.13 Å². The molecule has 0 fully saturated rings. The summed E-state index contributed by atoms with van der Waals surface area (Å²) in [6.45, 7) is 7.56. The molecule has 0 atom stereocenters. The molecule has 0 bridgehead atoms. The zero-order chi connectivity index (χ0) is 15.2. The molecule has 0 aliphatic rings. The summed E-state index contributed by atoms with van der Waals surface area (Å²) in [5, 5.41) is 4.29. The van der Waals surface area contributed by atoms with Crippen LogP contribution in [0.25, 0.3) is 0 Å². The molecule has 0 radical (unpaired) electrons. The SMILES string of the molecule is CCN(Cc1ccc(F)c(OC)c1)Cc1cnn(CC)c1. The summed E-state index contributed by atoms with van der Waals surface area (Å²) in [5.41, 5.74) is 2.23. The van der Waals surface area contributed by atoms with Crippen LogP contribution in [0.1, 0.15) is 25.0 Å². The topological polar surface area (TPSA) is 30.3 Å². The highest BCUT2D eigenvalue weighted by Gasteiger charge is 2.09. The van der Waals surface area contributed by atoms with Gasteiger partial charge in [-0.3, -0.25) is 9.58 Å². The Morgan fingerprint density at radius 3 is 2.62 bits per heavy atom. The lowest BCUT2D eigenvalue weighted by Crippen LogP contribution is -2.22. The van der Waals surface area contributed by atoms with Crippen molar-refractivity contribution in [1.29, 1.82) is 0 Å². The molecule has 21 heavy (non-hydrogen) atoms. The van der Waals surface area contributed by atoms with Gasteiger partial charge in [0.15, 0.2) is 11.6 Å². The van der Waals surface area contributed by atoms with E-state index in [4.69, 9.17) is 4.74 Å². The standard InChI is InChI=1S/C16H22FN3O/c1-4-19(11-14-9-18-20(5-2)12-14)10-13-6-7-15(17)16(8-13)21-3/h6-9,12H,4-5,10-11H2,1-3H3. The second kappa shape index (κ2) is 7.22. The third-order valence-corrected chi connectivity index (χ3v) is 3.49. The zero-order valence-corrected chi connectivity index (χ0v) is 12.8. The molecular weight excluding hydrogens is 269 g/mol. The van der Waals surface area contributed by atoms with Crippen molar-refractivity contribution >= 4 is 0 Å². The summed E-state index contributed by atoms with van der Waals surface area (Å²) in [6, 6.07) is 5.01. The largest absolute Gasteiger partial charge is 0.494 e. The molecule has 1 heterocycles. The van der Waals surface area contributed by atoms with Crippen LogP contribution in [0, 0.1) is 5.82 Å². The lowest BCUT2D eigenvalue weighted by atomic mass is 10.2. The predicted molar refractivity (Wildman–Crippen MR) is 80.6 cm³/mol. The van der Waals surface area contributed by atoms with Crippen molar-refractivity contribution in [2.45, 2.75) is 33.5 Å². The third kappa shape index (κ3) is 4.04. The molecule has 0 aliphatic carbocycles. The molecule has 2 aromatic rings. The van der Waals surface area contributed by atoms with E-state index in [2.05, 4.69) is 30.0 Å². The molecule has 0 unspecified atom stereocenters. The van der Waals surface area contributed by atoms with E-state index in [0.29, 0.717) is 5.75 Å². The maximum atomic E-state index is 13.4. The van der Waals surface area contributed by atoms with E-state index in [1.165, 1.54) is 18.7 Å². The highest BCUT2D eigenvalue weighted by molar-refractivity contribution is 5.30. The van der Waals surface area contributed by atoms with E-state index in [0.717, 1.165) is 31.7 Å². The van der Waals surface area contributed by atoms with Crippen molar-refractivity contribution in [1.82, 2.24) is 14.7 Å². The Balaban J connectivity index is 2.04. The van der Waals surface area contributed by atoms with Crippen LogP contribution in [0.4, 0.5) is 4.39 Å². The minimum absolute atomic E-state index is 0.294. The molecule has 0 N–H and O–H groups in total. The maximum absolute atomic E-state index is 13.4. The van der Waals surface area contributed by atoms with Crippen LogP contribution < -0.4 is 4.74 Å². The number of halogens is 1. The molecule has 114 valence electrons. The number of rotatable bonds is 7. The van der Waals surface area contributed by atoms with Gasteiger partial charge in [-0.1, -0.05) is 13.0 Å². The fraction of sp³-hybridized carbons (Fsp3) is 0.438. The molecule has 1 aromatic carbocycles. The normalized spacial score (nSPS) is 11.1. The van der Waals surface area contributed by atoms with Crippen LogP contribution in [0.2, 0.25) is 0 Å². The summed E-state index contributed by atoms with van der Waals surface area (Å²) in [6.07, 6.45) is 3.96. The second-order valence-electron chi connectivity index (χ2n) is 4.98. The Kier molecular flexibility index (Phi) is 5.33. The molecule has 0 saturated heterocycles. The number of nitrogens with zero attached hydrogens (tertiary/aromatic N) is 3. The van der Waals surface area contributed by atoms with Gasteiger partial charge in [-0.25, -0.2) is 4.39 Å². The lowest BCUT2D eigenvalue weighted by Gasteiger charge is -2.20. The summed E-state index contributed by atoms with van der Waals surface area (Å²) >= 11 is 0. The van der Waals surface area contributed by atoms with Gasteiger partial charge in [-0.05, 0) is 31.2 Å². The predicted octanol–water partition coefficient (Wildman–Crippen LogP) is 3.07. The fourth-order valence-corrected chi connectivity index (χ4v) is 2.26. The Morgan fingerprint density at radius 2 is 2.00 bits per heavy atom. The number of benzene rings is 1. The highest BCUT2D eigenvalue weighted by atomic mass is 19.1. The molecule has 2 rings (SSSR count). The minimum atomic E-state index is -0.325. The quantitative estimate of drug-likeness (QED) is 0.785. The highest BCUT2D eigenvalue weighted by Crippen LogP contribution is 2.19. The van der Waals surface area contributed by atoms with Crippen molar-refractivity contribution in [2.24, 2.45) is 0 Å². The monoisotopic (exact) mass is 291 g/mol. The van der Waals surface area contributed by atoms with Gasteiger partial charge in [0.2, 0.25) is 0 Å². The Bertz CT molecular complexity index is 583. The van der Waals surface area contributed by atoms with E-state index >= 15 is 0 Å². The van der Waals surface area contributed by atoms with Gasteiger partial charge in [0.1, 0.15) is 0 Å². The fourth-order valence-electron chi connectivity index (χ4n) is 2.26. The van der Waals surface area contributed by atoms with Crippen molar-refractivity contribution in [3.63, 3.8) is 0 Å². The molecule has 0 aliphatic heterocycles. The first-order valence-corrected chi connectivity index (χ1v) is 7.22. The first-order valence-electron chi connectivity index (χ1n) is 7.22. The third-order valence-electron chi connectivity index (χ3n) is 3.49. The molecule has 5 heteroatoms. The first-order chi connectivity index (χ1) is 10.2. The lowest BCUT2D eigenvalue weighted by molar-refractivity contribution is 0.270. The van der Waals surface area contributed by atoms with Crippen LogP contribution in [0.5, 0.6) is 5.75 Å². The number of ether oxygens (including phenoxy) is 1. The van der Waals surface area contributed by atoms with Crippen molar-refractivity contribution in [2.75, 3.05) is 13.7 Å². The number of hydrogen-bond acceptors (Lipinski definition) is 3. The second-order valence-corrected chi connectivity index (χ2v) is 4.98. The minimum Gasteiger partial charge on any atom is -0.494 e. The van der Waals surface area contributed by atoms with Crippen LogP contribution in [0.3, 0.4) is 0 Å². The van der Waals surface area contributed by atoms with Crippen LogP contribution in [0.15, 0.2) is 30.6 Å². The van der Waals surface area contributed by atoms with Gasteiger partial charge in [-0.15, -0.1) is 0 Å². The summed E-state index contributed by atoms with van der Waals surface area (Å²) in [4.78, 5) is 2.28. The smallest absolute Gasteiger partial charge is 0.165 e. The van der Waals surface area contributed by atoms with Gasteiger partial charge in [0.25, 0.3) is 0 Å². The van der Waals surface area contributed by atoms with Gasteiger partial charge in [0.05, 0.1) is 13.3 Å².